The van der Waals surface area contributed by atoms with Gasteiger partial charge in [0, 0.05) is 37.4 Å². The second-order valence-corrected chi connectivity index (χ2v) is 8.35. The molecule has 0 aromatic heterocycles. The summed E-state index contributed by atoms with van der Waals surface area (Å²) in [5.74, 6) is -0.210. The van der Waals surface area contributed by atoms with E-state index >= 15 is 0 Å². The van der Waals surface area contributed by atoms with Gasteiger partial charge < -0.3 is 9.64 Å². The molecule has 2 amide bonds. The Hall–Kier alpha value is -2.86. The van der Waals surface area contributed by atoms with Gasteiger partial charge in [-0.15, -0.1) is 0 Å². The van der Waals surface area contributed by atoms with Gasteiger partial charge >= 0.3 is 12.0 Å². The summed E-state index contributed by atoms with van der Waals surface area (Å²) in [6.07, 6.45) is 2.90. The van der Waals surface area contributed by atoms with Crippen LogP contribution in [-0.4, -0.2) is 56.2 Å². The number of para-hydroxylation sites is 1. The van der Waals surface area contributed by atoms with Crippen LogP contribution in [-0.2, 0) is 22.4 Å². The van der Waals surface area contributed by atoms with Crippen LogP contribution in [0.5, 0.6) is 0 Å². The number of fused-ring (bicyclic) bond motifs is 1. The maximum absolute atomic E-state index is 13.5. The Bertz CT molecular complexity index is 931. The zero-order valence-corrected chi connectivity index (χ0v) is 18.4. The molecule has 1 atom stereocenters. The third kappa shape index (κ3) is 4.74. The molecule has 0 aliphatic carbocycles. The van der Waals surface area contributed by atoms with Crippen molar-refractivity contribution in [2.45, 2.75) is 38.6 Å². The summed E-state index contributed by atoms with van der Waals surface area (Å²) in [6, 6.07) is 16.0. The first-order valence-electron chi connectivity index (χ1n) is 11.2. The van der Waals surface area contributed by atoms with Crippen LogP contribution in [0.4, 0.5) is 16.2 Å². The van der Waals surface area contributed by atoms with Gasteiger partial charge in [0.15, 0.2) is 0 Å². The first-order valence-corrected chi connectivity index (χ1v) is 11.2. The molecule has 2 aliphatic heterocycles. The molecule has 1 fully saturated rings. The van der Waals surface area contributed by atoms with Crippen molar-refractivity contribution >= 4 is 23.4 Å². The molecule has 2 aromatic rings. The zero-order chi connectivity index (χ0) is 21.8. The maximum Gasteiger partial charge on any atom is 0.329 e. The lowest BCUT2D eigenvalue weighted by Gasteiger charge is -2.24. The number of amides is 2. The third-order valence-corrected chi connectivity index (χ3v) is 6.24. The van der Waals surface area contributed by atoms with E-state index in [4.69, 9.17) is 4.74 Å². The summed E-state index contributed by atoms with van der Waals surface area (Å²) >= 11 is 0. The first-order chi connectivity index (χ1) is 15.1. The van der Waals surface area contributed by atoms with Crippen molar-refractivity contribution in [2.75, 3.05) is 43.1 Å². The number of anilines is 2. The van der Waals surface area contributed by atoms with Crippen LogP contribution in [0.15, 0.2) is 48.5 Å². The van der Waals surface area contributed by atoms with Crippen molar-refractivity contribution in [1.82, 2.24) is 4.90 Å². The Morgan fingerprint density at radius 2 is 1.77 bits per heavy atom. The van der Waals surface area contributed by atoms with E-state index in [2.05, 4.69) is 30.1 Å². The normalized spacial score (nSPS) is 19.3. The van der Waals surface area contributed by atoms with Gasteiger partial charge in [0.1, 0.15) is 0 Å². The molecule has 164 valence electrons. The van der Waals surface area contributed by atoms with Crippen LogP contribution in [0.2, 0.25) is 0 Å². The molecule has 0 spiro atoms. The summed E-state index contributed by atoms with van der Waals surface area (Å²) in [6.45, 7) is 4.82. The summed E-state index contributed by atoms with van der Waals surface area (Å²) in [5, 5.41) is 0. The molecular weight excluding hydrogens is 390 g/mol. The molecule has 2 aliphatic rings. The molecular formula is C25H31N3O3. The average molecular weight is 422 g/mol. The van der Waals surface area contributed by atoms with Crippen molar-refractivity contribution in [1.29, 1.82) is 0 Å². The molecule has 0 bridgehead atoms. The lowest BCUT2D eigenvalue weighted by atomic mass is 10.0. The molecule has 0 N–H and O–H groups in total. The topological polar surface area (TPSA) is 53.1 Å². The fourth-order valence-corrected chi connectivity index (χ4v) is 4.51. The molecule has 1 unspecified atom stereocenters. The Morgan fingerprint density at radius 3 is 2.52 bits per heavy atom. The fourth-order valence-electron chi connectivity index (χ4n) is 4.51. The number of likely N-dealkylation sites (N-methyl/N-ethyl adjacent to an activating group) is 1. The number of esters is 1. The highest BCUT2D eigenvalue weighted by molar-refractivity contribution is 6.07. The molecule has 2 aromatic carbocycles. The summed E-state index contributed by atoms with van der Waals surface area (Å²) in [5.41, 5.74) is 4.48. The van der Waals surface area contributed by atoms with Crippen LogP contribution in [0, 0.1) is 0 Å². The number of nitrogens with zero attached hydrogens (tertiary/aromatic N) is 3. The van der Waals surface area contributed by atoms with Crippen LogP contribution in [0.1, 0.15) is 30.9 Å². The Balaban J connectivity index is 1.62. The van der Waals surface area contributed by atoms with Gasteiger partial charge in [-0.2, -0.15) is 0 Å². The van der Waals surface area contributed by atoms with E-state index in [9.17, 15) is 9.59 Å². The van der Waals surface area contributed by atoms with Crippen molar-refractivity contribution < 1.29 is 14.3 Å². The Morgan fingerprint density at radius 1 is 1.03 bits per heavy atom. The maximum atomic E-state index is 13.5. The average Bonchev–Trinajstić information content (AvgIpc) is 2.99. The standard InChI is InChI=1S/C25H31N3O3/c1-3-31-24(29)12-11-23-18-27(21-7-5-4-6-8-21)25(30)28(23)22-10-9-19-13-15-26(2)16-14-20(19)17-22/h4-10,17,23H,3,11-16,18H2,1-2H3. The number of carbonyl (C=O) groups excluding carboxylic acids is 2. The van der Waals surface area contributed by atoms with E-state index in [1.54, 1.807) is 0 Å². The first kappa shape index (κ1) is 21.4. The number of benzene rings is 2. The number of urea groups is 1. The lowest BCUT2D eigenvalue weighted by Crippen LogP contribution is -2.35. The van der Waals surface area contributed by atoms with Gasteiger partial charge in [-0.25, -0.2) is 4.79 Å². The minimum atomic E-state index is -0.210. The van der Waals surface area contributed by atoms with Gasteiger partial charge in [-0.05, 0) is 68.6 Å². The van der Waals surface area contributed by atoms with Crippen LogP contribution in [0.3, 0.4) is 0 Å². The van der Waals surface area contributed by atoms with Crippen molar-refractivity contribution in [3.8, 4) is 0 Å². The zero-order valence-electron chi connectivity index (χ0n) is 18.4. The van der Waals surface area contributed by atoms with Crippen LogP contribution < -0.4 is 9.80 Å². The highest BCUT2D eigenvalue weighted by Gasteiger charge is 2.39. The SMILES string of the molecule is CCOC(=O)CCC1CN(c2ccccc2)C(=O)N1c1ccc2c(c1)CCN(C)CC2. The second kappa shape index (κ2) is 9.52. The van der Waals surface area contributed by atoms with Crippen molar-refractivity contribution in [3.05, 3.63) is 59.7 Å². The molecule has 4 rings (SSSR count). The van der Waals surface area contributed by atoms with Gasteiger partial charge in [0.2, 0.25) is 0 Å². The molecule has 1 saturated heterocycles. The third-order valence-electron chi connectivity index (χ3n) is 6.24. The molecule has 31 heavy (non-hydrogen) atoms. The summed E-state index contributed by atoms with van der Waals surface area (Å²) < 4.78 is 5.12. The fraction of sp³-hybridized carbons (Fsp3) is 0.440. The van der Waals surface area contributed by atoms with E-state index < -0.39 is 0 Å². The predicted octanol–water partition coefficient (Wildman–Crippen LogP) is 3.88. The lowest BCUT2D eigenvalue weighted by molar-refractivity contribution is -0.143. The van der Waals surface area contributed by atoms with Crippen LogP contribution >= 0.6 is 0 Å². The molecule has 6 heteroatoms. The number of carbonyl (C=O) groups is 2. The number of rotatable bonds is 6. The summed E-state index contributed by atoms with van der Waals surface area (Å²) in [4.78, 5) is 31.5. The van der Waals surface area contributed by atoms with E-state index in [0.29, 0.717) is 26.0 Å². The highest BCUT2D eigenvalue weighted by atomic mass is 16.5. The highest BCUT2D eigenvalue weighted by Crippen LogP contribution is 2.32. The van der Waals surface area contributed by atoms with Crippen LogP contribution in [0.25, 0.3) is 0 Å². The molecule has 6 nitrogen and oxygen atoms in total. The van der Waals surface area contributed by atoms with Gasteiger partial charge in [-0.1, -0.05) is 24.3 Å². The Kier molecular flexibility index (Phi) is 6.56. The van der Waals surface area contributed by atoms with E-state index in [1.165, 1.54) is 11.1 Å². The molecule has 0 saturated carbocycles. The molecule has 0 radical (unpaired) electrons. The van der Waals surface area contributed by atoms with E-state index in [0.717, 1.165) is 37.3 Å². The minimum absolute atomic E-state index is 0.0363. The van der Waals surface area contributed by atoms with E-state index in [1.807, 2.05) is 47.1 Å². The monoisotopic (exact) mass is 421 g/mol. The molecule has 2 heterocycles. The van der Waals surface area contributed by atoms with Gasteiger partial charge in [0.25, 0.3) is 0 Å². The van der Waals surface area contributed by atoms with Gasteiger partial charge in [-0.3, -0.25) is 14.6 Å². The predicted molar refractivity (Wildman–Crippen MR) is 123 cm³/mol. The number of hydrogen-bond acceptors (Lipinski definition) is 4. The number of ether oxygens (including phenoxy) is 1. The minimum Gasteiger partial charge on any atom is -0.466 e. The summed E-state index contributed by atoms with van der Waals surface area (Å²) in [7, 11) is 2.15. The van der Waals surface area contributed by atoms with E-state index in [-0.39, 0.29) is 18.0 Å². The quantitative estimate of drug-likeness (QED) is 0.665. The van der Waals surface area contributed by atoms with Crippen molar-refractivity contribution in [3.63, 3.8) is 0 Å². The smallest absolute Gasteiger partial charge is 0.329 e. The Labute approximate surface area is 184 Å². The second-order valence-electron chi connectivity index (χ2n) is 8.35. The number of hydrogen-bond donors (Lipinski definition) is 0. The van der Waals surface area contributed by atoms with Crippen molar-refractivity contribution in [2.24, 2.45) is 0 Å². The largest absolute Gasteiger partial charge is 0.466 e. The van der Waals surface area contributed by atoms with Gasteiger partial charge in [0.05, 0.1) is 12.6 Å².